The van der Waals surface area contributed by atoms with Crippen molar-refractivity contribution >= 4 is 71.7 Å². The van der Waals surface area contributed by atoms with Crippen molar-refractivity contribution in [2.24, 2.45) is 0 Å². The molecule has 0 atom stereocenters. The molecule has 28 heavy (non-hydrogen) atoms. The number of thiazole rings is 1. The van der Waals surface area contributed by atoms with Crippen LogP contribution in [0, 0.1) is 0 Å². The number of pyridine rings is 1. The molecule has 0 radical (unpaired) electrons. The Morgan fingerprint density at radius 2 is 1.96 bits per heavy atom. The van der Waals surface area contributed by atoms with E-state index in [-0.39, 0.29) is 5.91 Å². The number of nitrogens with zero attached hydrogens (tertiary/aromatic N) is 3. The number of aromatic nitrogens is 2. The van der Waals surface area contributed by atoms with Gasteiger partial charge in [0.2, 0.25) is 0 Å². The van der Waals surface area contributed by atoms with Gasteiger partial charge in [-0.2, -0.15) is 0 Å². The Morgan fingerprint density at radius 1 is 1.11 bits per heavy atom. The number of carbonyl (C=O) groups excluding carboxylic acids is 1. The van der Waals surface area contributed by atoms with Crippen LogP contribution in [0.1, 0.15) is 15.9 Å². The van der Waals surface area contributed by atoms with Gasteiger partial charge in [-0.1, -0.05) is 62.6 Å². The van der Waals surface area contributed by atoms with Crippen LogP contribution >= 0.6 is 50.5 Å². The van der Waals surface area contributed by atoms with Gasteiger partial charge in [0.05, 0.1) is 26.9 Å². The van der Waals surface area contributed by atoms with Gasteiger partial charge in [0.1, 0.15) is 5.52 Å². The number of para-hydroxylation sites is 1. The molecule has 0 aliphatic rings. The van der Waals surface area contributed by atoms with Gasteiger partial charge >= 0.3 is 0 Å². The summed E-state index contributed by atoms with van der Waals surface area (Å²) in [5, 5.41) is 1.48. The Kier molecular flexibility index (Phi) is 5.64. The zero-order valence-corrected chi connectivity index (χ0v) is 18.2. The first-order valence-corrected chi connectivity index (χ1v) is 10.6. The lowest BCUT2D eigenvalue weighted by molar-refractivity contribution is 0.0985. The third-order valence-electron chi connectivity index (χ3n) is 4.06. The topological polar surface area (TPSA) is 46.1 Å². The normalized spacial score (nSPS) is 11.0. The first-order valence-electron chi connectivity index (χ1n) is 8.24. The summed E-state index contributed by atoms with van der Waals surface area (Å²) in [6.07, 6.45) is 3.42. The molecule has 4 nitrogen and oxygen atoms in total. The van der Waals surface area contributed by atoms with Gasteiger partial charge in [-0.25, -0.2) is 4.98 Å². The van der Waals surface area contributed by atoms with Crippen LogP contribution in [0.15, 0.2) is 65.4 Å². The van der Waals surface area contributed by atoms with E-state index in [1.54, 1.807) is 41.6 Å². The second-order valence-corrected chi connectivity index (χ2v) is 8.70. The monoisotopic (exact) mass is 491 g/mol. The summed E-state index contributed by atoms with van der Waals surface area (Å²) in [6.45, 7) is 0.312. The van der Waals surface area contributed by atoms with E-state index in [0.717, 1.165) is 14.7 Å². The van der Waals surface area contributed by atoms with E-state index < -0.39 is 0 Å². The Morgan fingerprint density at radius 3 is 2.71 bits per heavy atom. The molecule has 0 spiro atoms. The van der Waals surface area contributed by atoms with E-state index >= 15 is 0 Å². The molecule has 2 heterocycles. The summed E-state index contributed by atoms with van der Waals surface area (Å²) < 4.78 is 1.68. The smallest absolute Gasteiger partial charge is 0.261 e. The minimum Gasteiger partial charge on any atom is -0.279 e. The molecule has 140 valence electrons. The van der Waals surface area contributed by atoms with E-state index in [2.05, 4.69) is 25.9 Å². The molecule has 0 N–H and O–H groups in total. The van der Waals surface area contributed by atoms with E-state index in [4.69, 9.17) is 23.2 Å². The molecule has 4 aromatic rings. The highest BCUT2D eigenvalue weighted by Crippen LogP contribution is 2.35. The van der Waals surface area contributed by atoms with Gasteiger partial charge in [-0.05, 0) is 42.0 Å². The van der Waals surface area contributed by atoms with Crippen LogP contribution in [0.2, 0.25) is 10.0 Å². The van der Waals surface area contributed by atoms with Crippen molar-refractivity contribution in [1.29, 1.82) is 0 Å². The fourth-order valence-corrected chi connectivity index (χ4v) is 4.55. The largest absolute Gasteiger partial charge is 0.279 e. The molecule has 2 aromatic carbocycles. The van der Waals surface area contributed by atoms with Gasteiger partial charge < -0.3 is 0 Å². The number of rotatable bonds is 4. The van der Waals surface area contributed by atoms with E-state index in [1.165, 1.54) is 11.3 Å². The van der Waals surface area contributed by atoms with Gasteiger partial charge in [-0.3, -0.25) is 14.7 Å². The number of amides is 1. The fraction of sp³-hybridized carbons (Fsp3) is 0.0500. The number of benzene rings is 2. The average Bonchev–Trinajstić information content (AvgIpc) is 3.14. The maximum atomic E-state index is 13.4. The number of hydrogen-bond acceptors (Lipinski definition) is 4. The quantitative estimate of drug-likeness (QED) is 0.322. The zero-order chi connectivity index (χ0) is 19.7. The van der Waals surface area contributed by atoms with Crippen LogP contribution in [-0.4, -0.2) is 15.9 Å². The van der Waals surface area contributed by atoms with Crippen molar-refractivity contribution < 1.29 is 4.79 Å². The molecular formula is C20H12BrCl2N3OS. The van der Waals surface area contributed by atoms with Crippen molar-refractivity contribution in [3.8, 4) is 0 Å². The first kappa shape index (κ1) is 19.3. The van der Waals surface area contributed by atoms with Crippen molar-refractivity contribution in [1.82, 2.24) is 9.97 Å². The summed E-state index contributed by atoms with van der Waals surface area (Å²) in [7, 11) is 0. The first-order chi connectivity index (χ1) is 13.5. The number of hydrogen-bond donors (Lipinski definition) is 0. The van der Waals surface area contributed by atoms with Crippen LogP contribution in [0.5, 0.6) is 0 Å². The minimum absolute atomic E-state index is 0.245. The summed E-state index contributed by atoms with van der Waals surface area (Å²) in [6, 6.07) is 14.5. The molecule has 0 saturated carbocycles. The zero-order valence-electron chi connectivity index (χ0n) is 14.3. The molecule has 0 saturated heterocycles. The Labute approximate surface area is 183 Å². The Balaban J connectivity index is 1.82. The number of fused-ring (bicyclic) bond motifs is 1. The lowest BCUT2D eigenvalue weighted by Crippen LogP contribution is -2.30. The fourth-order valence-electron chi connectivity index (χ4n) is 2.73. The molecule has 4 rings (SSSR count). The minimum atomic E-state index is -0.245. The third kappa shape index (κ3) is 3.91. The summed E-state index contributed by atoms with van der Waals surface area (Å²) in [5.74, 6) is -0.245. The van der Waals surface area contributed by atoms with Gasteiger partial charge in [0, 0.05) is 16.9 Å². The van der Waals surface area contributed by atoms with Gasteiger partial charge in [0.15, 0.2) is 5.13 Å². The second kappa shape index (κ2) is 8.17. The van der Waals surface area contributed by atoms with Crippen molar-refractivity contribution in [2.75, 3.05) is 4.90 Å². The van der Waals surface area contributed by atoms with Crippen molar-refractivity contribution in [3.05, 3.63) is 86.6 Å². The molecule has 0 fully saturated rings. The predicted octanol–water partition coefficient (Wildman–Crippen LogP) is 6.61. The van der Waals surface area contributed by atoms with Gasteiger partial charge in [0.25, 0.3) is 5.91 Å². The lowest BCUT2D eigenvalue weighted by Gasteiger charge is -2.20. The van der Waals surface area contributed by atoms with Crippen LogP contribution in [0.4, 0.5) is 5.13 Å². The van der Waals surface area contributed by atoms with Crippen LogP contribution in [-0.2, 0) is 6.54 Å². The lowest BCUT2D eigenvalue weighted by atomic mass is 10.2. The molecule has 0 aliphatic carbocycles. The molecule has 2 aromatic heterocycles. The molecule has 1 amide bonds. The molecule has 8 heteroatoms. The average molecular weight is 493 g/mol. The van der Waals surface area contributed by atoms with E-state index in [0.29, 0.717) is 32.8 Å². The maximum absolute atomic E-state index is 13.4. The standard InChI is InChI=1S/C20H12BrCl2N3OS/c21-13-6-7-15(22)14(9-13)19(27)26(11-12-3-2-8-24-10-12)20-25-18-16(23)4-1-5-17(18)28-20/h1-10H,11H2. The third-order valence-corrected chi connectivity index (χ3v) is 6.23. The van der Waals surface area contributed by atoms with E-state index in [1.807, 2.05) is 24.3 Å². The summed E-state index contributed by atoms with van der Waals surface area (Å²) in [5.41, 5.74) is 1.95. The number of carbonyl (C=O) groups is 1. The van der Waals surface area contributed by atoms with E-state index in [9.17, 15) is 4.79 Å². The van der Waals surface area contributed by atoms with Crippen LogP contribution < -0.4 is 4.90 Å². The Bertz CT molecular complexity index is 1170. The Hall–Kier alpha value is -1.99. The van der Waals surface area contributed by atoms with Crippen LogP contribution in [0.3, 0.4) is 0 Å². The summed E-state index contributed by atoms with van der Waals surface area (Å²) in [4.78, 5) is 23.8. The number of anilines is 1. The molecule has 0 aliphatic heterocycles. The number of halogens is 3. The SMILES string of the molecule is O=C(c1cc(Br)ccc1Cl)N(Cc1cccnc1)c1nc2c(Cl)cccc2s1. The molecule has 0 unspecified atom stereocenters. The maximum Gasteiger partial charge on any atom is 0.261 e. The van der Waals surface area contributed by atoms with Crippen molar-refractivity contribution in [2.45, 2.75) is 6.54 Å². The summed E-state index contributed by atoms with van der Waals surface area (Å²) >= 11 is 17.4. The second-order valence-electron chi connectivity index (χ2n) is 5.96. The van der Waals surface area contributed by atoms with Crippen molar-refractivity contribution in [3.63, 3.8) is 0 Å². The molecule has 0 bridgehead atoms. The van der Waals surface area contributed by atoms with Gasteiger partial charge in [-0.15, -0.1) is 0 Å². The highest BCUT2D eigenvalue weighted by molar-refractivity contribution is 9.10. The highest BCUT2D eigenvalue weighted by atomic mass is 79.9. The highest BCUT2D eigenvalue weighted by Gasteiger charge is 2.24. The predicted molar refractivity (Wildman–Crippen MR) is 119 cm³/mol. The molecular weight excluding hydrogens is 481 g/mol. The van der Waals surface area contributed by atoms with Crippen LogP contribution in [0.25, 0.3) is 10.2 Å².